The van der Waals surface area contributed by atoms with E-state index in [0.717, 1.165) is 84.1 Å². The number of halogens is 1. The number of carbonyl (C=O) groups is 1. The van der Waals surface area contributed by atoms with Gasteiger partial charge >= 0.3 is 122 Å². The molecule has 8 aromatic carbocycles. The number of hydrogen-bond donors (Lipinski definition) is 6. The second-order valence-electron chi connectivity index (χ2n) is 26.1. The molecule has 0 atom stereocenters. The molecule has 8 aromatic rings. The van der Waals surface area contributed by atoms with E-state index in [9.17, 15) is 0 Å². The number of ether oxygens (including phenoxy) is 5. The van der Waals surface area contributed by atoms with Crippen molar-refractivity contribution in [2.45, 2.75) is 91.6 Å². The summed E-state index contributed by atoms with van der Waals surface area (Å²) in [6, 6.07) is 53.2. The van der Waals surface area contributed by atoms with Gasteiger partial charge in [0.05, 0.1) is 70.4 Å². The summed E-state index contributed by atoms with van der Waals surface area (Å²) in [5.74, 6) is 3.61. The Morgan fingerprint density at radius 3 is 0.963 bits per heavy atom. The molecule has 0 saturated heterocycles. The molecule has 28 heteroatoms. The largest absolute Gasteiger partial charge is 1.00 e. The van der Waals surface area contributed by atoms with Crippen molar-refractivity contribution in [3.63, 3.8) is 0 Å². The van der Waals surface area contributed by atoms with Crippen LogP contribution in [0.25, 0.3) is 4.65 Å². The van der Waals surface area contributed by atoms with Crippen molar-refractivity contribution >= 4 is 84.7 Å². The molecule has 0 aliphatic carbocycles. The Hall–Kier alpha value is -6.86. The van der Waals surface area contributed by atoms with Gasteiger partial charge < -0.3 is 81.6 Å². The third kappa shape index (κ3) is 35.2. The van der Waals surface area contributed by atoms with Gasteiger partial charge in [-0.05, 0) is 141 Å². The number of methoxy groups -OCH3 is 5. The maximum atomic E-state index is 9.14. The summed E-state index contributed by atoms with van der Waals surface area (Å²) in [6.07, 6.45) is 0. The fourth-order valence-electron chi connectivity index (χ4n) is 10.7. The Morgan fingerprint density at radius 2 is 0.738 bits per heavy atom. The second-order valence-corrected chi connectivity index (χ2v) is 36.3. The van der Waals surface area contributed by atoms with E-state index in [4.69, 9.17) is 76.5 Å². The average Bonchev–Trinajstić information content (AvgIpc) is 0.825. The molecule has 22 nitrogen and oxygen atoms in total. The van der Waals surface area contributed by atoms with Crippen molar-refractivity contribution in [2.24, 2.45) is 11.5 Å². The molecule has 8 N–H and O–H groups in total. The van der Waals surface area contributed by atoms with Gasteiger partial charge in [0, 0.05) is 147 Å². The molecule has 0 radical (unpaired) electrons. The van der Waals surface area contributed by atoms with Crippen LogP contribution in [0, 0.1) is 65.6 Å². The van der Waals surface area contributed by atoms with Gasteiger partial charge in [0.1, 0.15) is 40.4 Å². The zero-order valence-corrected chi connectivity index (χ0v) is 76.7. The van der Waals surface area contributed by atoms with E-state index < -0.39 is 16.5 Å². The molecule has 107 heavy (non-hydrogen) atoms. The van der Waals surface area contributed by atoms with Crippen LogP contribution >= 0.6 is 15.9 Å². The van der Waals surface area contributed by atoms with Crippen LogP contribution in [-0.2, 0) is 41.2 Å². The third-order valence-corrected chi connectivity index (χ3v) is 21.4. The van der Waals surface area contributed by atoms with Crippen LogP contribution in [0.4, 0.5) is 34.1 Å². The van der Waals surface area contributed by atoms with Crippen LogP contribution in [0.1, 0.15) is 73.8 Å². The van der Waals surface area contributed by atoms with Crippen LogP contribution in [0.15, 0.2) is 146 Å². The summed E-state index contributed by atoms with van der Waals surface area (Å²) in [5.41, 5.74) is 29.6. The number of nitrogens with one attached hydrogen (secondary N) is 4. The number of rotatable bonds is 25. The monoisotopic (exact) mass is 1600 g/mol. The minimum Gasteiger partial charge on any atom is -1.00 e. The molecule has 0 bridgehead atoms. The molecule has 0 fully saturated rings. The van der Waals surface area contributed by atoms with Crippen molar-refractivity contribution in [1.82, 2.24) is 0 Å². The number of nitriles is 3. The predicted molar refractivity (Wildman–Crippen MR) is 433 cm³/mol. The molecule has 0 heterocycles. The Kier molecular flexibility index (Phi) is 47.5. The Bertz CT molecular complexity index is 4070. The predicted octanol–water partition coefficient (Wildman–Crippen LogP) is 6.01. The standard InChI is InChI=1S/C27H34N6O2.C27H28N4O2.C9H8BrNO.C9H14N2.C6H18NSi2.CH2O3.2K.Li.H/c1-17-10-22(32(2)15-20-8-6-18(26(28)29)12-24(20)34-4)14-23(11-17)33(3)16-21-9-7-19(27(30)31)13-25(21)35-5;1-19-10-24(30(2)17-22-8-6-20(15-28)12-26(22)32-4)14-25(11-19)31(3)18-23-9-7-21(16-29)13-27(23)33-5;1-12-9-4-7(6-11)2-3-8(9)5-10;1-7-4-8(10-2)6-9(5-7)11-3;1-8(2,3)7-9(4,5)6;2-1-4-3;;;;/h6-14H,15-16H2,1-5H3,(H3,28,29)(H3,30,31);6-14H,17-18H2,1-5H3;2-4H,5H2,1H3;4-6,10-11H,1-3H3;1-6H3;1,3H;;;;/q;;;;-1;;3*+1;-1/p-1. The normalized spacial score (nSPS) is 9.93. The molecule has 556 valence electrons. The van der Waals surface area contributed by atoms with E-state index in [0.29, 0.717) is 77.0 Å². The fourth-order valence-corrected chi connectivity index (χ4v) is 19.2. The Labute approximate surface area is 744 Å². The number of hydrogen-bond acceptors (Lipinski definition) is 19. The van der Waals surface area contributed by atoms with E-state index in [-0.39, 0.29) is 141 Å². The van der Waals surface area contributed by atoms with Crippen LogP contribution in [0.5, 0.6) is 28.7 Å². The van der Waals surface area contributed by atoms with Crippen LogP contribution in [0.3, 0.4) is 0 Å². The van der Waals surface area contributed by atoms with Gasteiger partial charge in [-0.15, -0.1) is 0 Å². The zero-order chi connectivity index (χ0) is 78.0. The number of nitrogens with zero attached hydrogens (tertiary/aromatic N) is 8. The molecule has 0 unspecified atom stereocenters. The van der Waals surface area contributed by atoms with Gasteiger partial charge in [-0.1, -0.05) is 114 Å². The number of alkyl halides is 1. The summed E-state index contributed by atoms with van der Waals surface area (Å²) < 4.78 is 32.0. The minimum atomic E-state index is -1.11. The molecule has 0 saturated carbocycles. The summed E-state index contributed by atoms with van der Waals surface area (Å²) in [7, 11) is 17.9. The third-order valence-electron chi connectivity index (χ3n) is 15.4. The smallest absolute Gasteiger partial charge is 1.00 e. The van der Waals surface area contributed by atoms with Crippen molar-refractivity contribution in [1.29, 1.82) is 26.6 Å². The van der Waals surface area contributed by atoms with E-state index in [1.54, 1.807) is 71.9 Å². The fraction of sp³-hybridized carbons (Fsp3) is 0.316. The quantitative estimate of drug-likeness (QED) is 0.00725. The van der Waals surface area contributed by atoms with Gasteiger partial charge in [-0.2, -0.15) is 15.8 Å². The molecule has 0 aliphatic rings. The first-order chi connectivity index (χ1) is 49.2. The van der Waals surface area contributed by atoms with Gasteiger partial charge in [0.15, 0.2) is 0 Å². The van der Waals surface area contributed by atoms with Crippen molar-refractivity contribution in [3.8, 4) is 47.0 Å². The number of carbonyl (C=O) groups excluding carboxylic acids is 1. The number of aryl methyl sites for hydroxylation is 3. The summed E-state index contributed by atoms with van der Waals surface area (Å²) >= 11 is 3.33. The van der Waals surface area contributed by atoms with Crippen LogP contribution in [-0.4, -0.2) is 112 Å². The second kappa shape index (κ2) is 50.8. The Morgan fingerprint density at radius 1 is 0.486 bits per heavy atom. The first kappa shape index (κ1) is 100. The molecule has 0 spiro atoms. The van der Waals surface area contributed by atoms with Crippen molar-refractivity contribution in [3.05, 3.63) is 223 Å². The van der Waals surface area contributed by atoms with Crippen LogP contribution in [0.2, 0.25) is 39.3 Å². The van der Waals surface area contributed by atoms with Crippen molar-refractivity contribution in [2.75, 3.05) is 108 Å². The molecule has 8 rings (SSSR count). The molecular formula is C79H104BrK2LiN14O8Si2. The summed E-state index contributed by atoms with van der Waals surface area (Å²) in [6.45, 7) is 22.4. The molecule has 0 aliphatic heterocycles. The van der Waals surface area contributed by atoms with Gasteiger partial charge in [0.2, 0.25) is 0 Å². The number of nitrogen functional groups attached to an aromatic ring is 2. The van der Waals surface area contributed by atoms with Gasteiger partial charge in [-0.25, -0.2) is 0 Å². The van der Waals surface area contributed by atoms with E-state index in [1.165, 1.54) is 5.56 Å². The maximum Gasteiger partial charge on any atom is 1.00 e. The molecule has 0 aromatic heterocycles. The minimum absolute atomic E-state index is 0. The first-order valence-corrected chi connectivity index (χ1v) is 41.0. The first-order valence-electron chi connectivity index (χ1n) is 33.0. The van der Waals surface area contributed by atoms with E-state index >= 15 is 0 Å². The molecule has 0 amide bonds. The topological polar surface area (TPSA) is 318 Å². The van der Waals surface area contributed by atoms with Gasteiger partial charge in [0.25, 0.3) is 6.47 Å². The zero-order valence-electron chi connectivity index (χ0n) is 67.8. The molecular weight excluding hydrogens is 1490 g/mol. The Balaban J connectivity index is 0. The number of nitrogens with two attached hydrogens (primary N) is 2. The van der Waals surface area contributed by atoms with Gasteiger partial charge in [-0.3, -0.25) is 15.6 Å². The summed E-state index contributed by atoms with van der Waals surface area (Å²) in [5, 5.41) is 57.6. The van der Waals surface area contributed by atoms with Crippen molar-refractivity contribution < 1.29 is 162 Å². The SMILES string of the molecule is CNc1cc(C)cc(NC)c1.COc1cc(C#N)ccc1CBr.COc1cc(C#N)ccc1CN(C)c1cc(C)cc(N(C)Cc2ccc(C#N)cc2OC)c1.COc1cc(C(=N)N)ccc1CN(C)c1cc(C)cc(N(C)Cc2ccc(C(=N)N)cc2OC)c1.C[Si](C)(C)[N-][Si](C)(C)C.O=CO[O-].[H-].[K+].[K+].[Li+]. The number of anilines is 6. The number of benzene rings is 8. The van der Waals surface area contributed by atoms with E-state index in [1.807, 2.05) is 96.9 Å². The maximum absolute atomic E-state index is 9.14. The van der Waals surface area contributed by atoms with E-state index in [2.05, 4.69) is 184 Å². The average molecular weight is 1600 g/mol. The summed E-state index contributed by atoms with van der Waals surface area (Å²) in [4.78, 5) is 19.9. The van der Waals surface area contributed by atoms with Crippen LogP contribution < -0.4 is 192 Å². The number of amidine groups is 2.